The maximum absolute atomic E-state index is 13.1. The summed E-state index contributed by atoms with van der Waals surface area (Å²) in [7, 11) is 3.85. The fourth-order valence-electron chi connectivity index (χ4n) is 5.58. The molecular weight excluding hydrogens is 513 g/mol. The first kappa shape index (κ1) is 29.2. The lowest BCUT2D eigenvalue weighted by molar-refractivity contribution is -0.131. The van der Waals surface area contributed by atoms with E-state index < -0.39 is 0 Å². The van der Waals surface area contributed by atoms with Crippen LogP contribution in [0.4, 0.5) is 5.69 Å². The van der Waals surface area contributed by atoms with Crippen molar-refractivity contribution in [1.82, 2.24) is 9.80 Å². The third kappa shape index (κ3) is 7.15. The predicted molar refractivity (Wildman–Crippen MR) is 151 cm³/mol. The van der Waals surface area contributed by atoms with Crippen LogP contribution in [0.3, 0.4) is 0 Å². The second kappa shape index (κ2) is 13.4. The van der Waals surface area contributed by atoms with Gasteiger partial charge in [0.1, 0.15) is 5.75 Å². The van der Waals surface area contributed by atoms with Crippen molar-refractivity contribution in [3.63, 3.8) is 0 Å². The normalized spacial score (nSPS) is 18.8. The monoisotopic (exact) mass is 551 g/mol. The molecule has 9 heteroatoms. The number of likely N-dealkylation sites (tertiary alicyclic amines) is 1. The molecule has 3 heterocycles. The highest BCUT2D eigenvalue weighted by Crippen LogP contribution is 2.36. The topological polar surface area (TPSA) is 54.5 Å². The molecule has 37 heavy (non-hydrogen) atoms. The van der Waals surface area contributed by atoms with Crippen molar-refractivity contribution in [2.24, 2.45) is 5.92 Å². The van der Waals surface area contributed by atoms with Crippen LogP contribution in [-0.2, 0) is 17.6 Å². The molecule has 0 saturated carbocycles. The smallest absolute Gasteiger partial charge is 0.231 e. The zero-order valence-corrected chi connectivity index (χ0v) is 23.5. The molecule has 0 bridgehead atoms. The van der Waals surface area contributed by atoms with Crippen molar-refractivity contribution in [2.45, 2.75) is 32.1 Å². The fourth-order valence-corrected chi connectivity index (χ4v) is 5.58. The molecule has 1 amide bonds. The van der Waals surface area contributed by atoms with Crippen LogP contribution >= 0.6 is 24.8 Å². The van der Waals surface area contributed by atoms with Crippen molar-refractivity contribution < 1.29 is 19.0 Å². The fraction of sp³-hybridized carbons (Fsp3) is 0.536. The number of hydrogen-bond donors (Lipinski definition) is 0. The molecule has 1 atom stereocenters. The molecule has 3 aliphatic heterocycles. The Labute approximate surface area is 232 Å². The quantitative estimate of drug-likeness (QED) is 0.483. The zero-order valence-electron chi connectivity index (χ0n) is 21.8. The van der Waals surface area contributed by atoms with Crippen LogP contribution in [0.25, 0.3) is 0 Å². The number of nitrogens with zero attached hydrogens (tertiary/aromatic N) is 3. The zero-order chi connectivity index (χ0) is 24.2. The van der Waals surface area contributed by atoms with E-state index in [1.165, 1.54) is 24.1 Å². The minimum absolute atomic E-state index is 0. The van der Waals surface area contributed by atoms with Crippen LogP contribution < -0.4 is 19.1 Å². The third-order valence-electron chi connectivity index (χ3n) is 7.60. The summed E-state index contributed by atoms with van der Waals surface area (Å²) in [4.78, 5) is 20.1. The molecule has 2 aromatic carbocycles. The molecule has 3 aliphatic rings. The molecule has 0 aliphatic carbocycles. The number of rotatable bonds is 8. The lowest BCUT2D eigenvalue weighted by atomic mass is 9.97. The number of ether oxygens (including phenoxy) is 3. The van der Waals surface area contributed by atoms with E-state index in [2.05, 4.69) is 39.9 Å². The summed E-state index contributed by atoms with van der Waals surface area (Å²) in [6.07, 6.45) is 4.88. The summed E-state index contributed by atoms with van der Waals surface area (Å²) >= 11 is 0. The van der Waals surface area contributed by atoms with Crippen molar-refractivity contribution in [2.75, 3.05) is 65.1 Å². The lowest BCUT2D eigenvalue weighted by Crippen LogP contribution is -2.44. The highest BCUT2D eigenvalue weighted by molar-refractivity contribution is 5.85. The Morgan fingerprint density at radius 1 is 1.05 bits per heavy atom. The average Bonchev–Trinajstić information content (AvgIpc) is 3.27. The Balaban J connectivity index is 0.00000190. The number of carbonyl (C=O) groups excluding carboxylic acids is 1. The van der Waals surface area contributed by atoms with Crippen LogP contribution in [0.1, 0.15) is 30.4 Å². The van der Waals surface area contributed by atoms with Crippen molar-refractivity contribution in [1.29, 1.82) is 0 Å². The summed E-state index contributed by atoms with van der Waals surface area (Å²) in [6.45, 7) is 6.28. The number of halogens is 2. The van der Waals surface area contributed by atoms with Gasteiger partial charge in [0.25, 0.3) is 0 Å². The summed E-state index contributed by atoms with van der Waals surface area (Å²) in [5.74, 6) is 3.25. The lowest BCUT2D eigenvalue weighted by Gasteiger charge is -2.35. The minimum atomic E-state index is 0. The van der Waals surface area contributed by atoms with Gasteiger partial charge < -0.3 is 28.9 Å². The first-order valence-electron chi connectivity index (χ1n) is 12.9. The van der Waals surface area contributed by atoms with Crippen LogP contribution in [0.5, 0.6) is 17.2 Å². The van der Waals surface area contributed by atoms with Crippen LogP contribution in [0, 0.1) is 5.92 Å². The van der Waals surface area contributed by atoms with Gasteiger partial charge in [-0.05, 0) is 92.2 Å². The van der Waals surface area contributed by atoms with E-state index in [1.807, 2.05) is 18.2 Å². The summed E-state index contributed by atoms with van der Waals surface area (Å²) in [6, 6.07) is 12.3. The Bertz CT molecular complexity index is 1040. The van der Waals surface area contributed by atoms with E-state index >= 15 is 0 Å². The van der Waals surface area contributed by atoms with E-state index in [-0.39, 0.29) is 37.5 Å². The summed E-state index contributed by atoms with van der Waals surface area (Å²) in [5, 5.41) is 0. The standard InChI is InChI=1S/C28H37N3O4.2ClH/c1-29(24-6-8-25(33-2)9-7-24)11-4-13-30-12-3-5-21(18-30)19-31-14-10-22-15-26-27(35-20-34-26)16-23(22)17-28(31)32;;/h6-9,15-16,21H,3-5,10-14,17-20H2,1-2H3;2*1H. The number of anilines is 1. The molecule has 1 saturated heterocycles. The highest BCUT2D eigenvalue weighted by Gasteiger charge is 2.28. The Morgan fingerprint density at radius 2 is 1.78 bits per heavy atom. The number of methoxy groups -OCH3 is 1. The summed E-state index contributed by atoms with van der Waals surface area (Å²) < 4.78 is 16.3. The Hall–Kier alpha value is -2.35. The van der Waals surface area contributed by atoms with Crippen molar-refractivity contribution >= 4 is 36.4 Å². The molecule has 0 N–H and O–H groups in total. The SMILES string of the molecule is COc1ccc(N(C)CCCN2CCCC(CN3CCc4cc5c(cc4CC3=O)OCO5)C2)cc1.Cl.Cl. The van der Waals surface area contributed by atoms with E-state index in [9.17, 15) is 4.79 Å². The Morgan fingerprint density at radius 3 is 2.51 bits per heavy atom. The molecule has 1 unspecified atom stereocenters. The van der Waals surface area contributed by atoms with Crippen LogP contribution in [0.15, 0.2) is 36.4 Å². The molecule has 0 radical (unpaired) electrons. The van der Waals surface area contributed by atoms with Crippen molar-refractivity contribution in [3.8, 4) is 17.2 Å². The van der Waals surface area contributed by atoms with Gasteiger partial charge >= 0.3 is 0 Å². The molecule has 0 aromatic heterocycles. The second-order valence-corrected chi connectivity index (χ2v) is 10.0. The second-order valence-electron chi connectivity index (χ2n) is 10.0. The molecular formula is C28H39Cl2N3O4. The predicted octanol–water partition coefficient (Wildman–Crippen LogP) is 4.43. The van der Waals surface area contributed by atoms with Gasteiger partial charge in [-0.25, -0.2) is 0 Å². The van der Waals surface area contributed by atoms with E-state index in [1.54, 1.807) is 7.11 Å². The maximum atomic E-state index is 13.1. The largest absolute Gasteiger partial charge is 0.497 e. The molecule has 0 spiro atoms. The molecule has 2 aromatic rings. The average molecular weight is 553 g/mol. The number of hydrogen-bond acceptors (Lipinski definition) is 6. The molecule has 1 fully saturated rings. The van der Waals surface area contributed by atoms with Gasteiger partial charge in [-0.15, -0.1) is 24.8 Å². The highest BCUT2D eigenvalue weighted by atomic mass is 35.5. The van der Waals surface area contributed by atoms with Gasteiger partial charge in [-0.3, -0.25) is 4.79 Å². The van der Waals surface area contributed by atoms with E-state index in [0.717, 1.165) is 74.9 Å². The van der Waals surface area contributed by atoms with Crippen LogP contribution in [0.2, 0.25) is 0 Å². The van der Waals surface area contributed by atoms with Crippen molar-refractivity contribution in [3.05, 3.63) is 47.5 Å². The number of benzene rings is 2. The molecule has 5 rings (SSSR count). The van der Waals surface area contributed by atoms with E-state index in [4.69, 9.17) is 14.2 Å². The number of amides is 1. The third-order valence-corrected chi connectivity index (χ3v) is 7.60. The van der Waals surface area contributed by atoms with Crippen LogP contribution in [-0.4, -0.2) is 75.9 Å². The summed E-state index contributed by atoms with van der Waals surface area (Å²) in [5.41, 5.74) is 3.52. The maximum Gasteiger partial charge on any atom is 0.231 e. The van der Waals surface area contributed by atoms with Gasteiger partial charge in [-0.1, -0.05) is 0 Å². The number of carbonyl (C=O) groups is 1. The Kier molecular flexibility index (Phi) is 10.6. The van der Waals surface area contributed by atoms with E-state index in [0.29, 0.717) is 12.3 Å². The first-order valence-corrected chi connectivity index (χ1v) is 12.9. The number of piperidine rings is 1. The first-order chi connectivity index (χ1) is 17.1. The number of fused-ring (bicyclic) bond motifs is 2. The van der Waals surface area contributed by atoms with Gasteiger partial charge in [0, 0.05) is 38.9 Å². The van der Waals surface area contributed by atoms with Gasteiger partial charge in [-0.2, -0.15) is 0 Å². The minimum Gasteiger partial charge on any atom is -0.497 e. The molecule has 204 valence electrons. The molecule has 7 nitrogen and oxygen atoms in total. The van der Waals surface area contributed by atoms with Gasteiger partial charge in [0.2, 0.25) is 12.7 Å². The van der Waals surface area contributed by atoms with Gasteiger partial charge in [0.15, 0.2) is 11.5 Å². The van der Waals surface area contributed by atoms with Gasteiger partial charge in [0.05, 0.1) is 13.5 Å².